The van der Waals surface area contributed by atoms with Crippen molar-refractivity contribution in [2.24, 2.45) is 0 Å². The van der Waals surface area contributed by atoms with E-state index in [-0.39, 0.29) is 12.1 Å². The molecule has 7 heteroatoms. The normalized spacial score (nSPS) is 18.6. The van der Waals surface area contributed by atoms with Crippen molar-refractivity contribution in [2.75, 3.05) is 13.1 Å². The lowest BCUT2D eigenvalue weighted by atomic mass is 9.97. The summed E-state index contributed by atoms with van der Waals surface area (Å²) in [5.74, 6) is 0. The van der Waals surface area contributed by atoms with Crippen LogP contribution in [0.15, 0.2) is 24.3 Å². The number of nitrogens with one attached hydrogen (secondary N) is 1. The Kier molecular flexibility index (Phi) is 5.51. The Hall–Kier alpha value is -1.76. The molecule has 0 radical (unpaired) electrons. The number of halogens is 3. The zero-order valence-corrected chi connectivity index (χ0v) is 12.9. The monoisotopic (exact) mass is 330 g/mol. The Bertz CT molecular complexity index is 523. The molecule has 1 aliphatic heterocycles. The average molecular weight is 330 g/mol. The third kappa shape index (κ3) is 4.60. The first-order valence-corrected chi connectivity index (χ1v) is 7.72. The van der Waals surface area contributed by atoms with Crippen LogP contribution >= 0.6 is 0 Å². The Labute approximate surface area is 133 Å². The summed E-state index contributed by atoms with van der Waals surface area (Å²) in [6.07, 6.45) is -3.12. The number of carboxylic acid groups (broad SMARTS) is 1. The van der Waals surface area contributed by atoms with Crippen molar-refractivity contribution in [3.63, 3.8) is 0 Å². The fraction of sp³-hybridized carbons (Fsp3) is 0.562. The maximum Gasteiger partial charge on any atom is 0.416 e. The summed E-state index contributed by atoms with van der Waals surface area (Å²) in [5, 5.41) is 11.2. The van der Waals surface area contributed by atoms with Gasteiger partial charge in [0.25, 0.3) is 0 Å². The Morgan fingerprint density at radius 1 is 1.30 bits per heavy atom. The molecule has 1 unspecified atom stereocenters. The van der Waals surface area contributed by atoms with Gasteiger partial charge >= 0.3 is 12.3 Å². The number of amides is 1. The molecule has 0 aromatic heterocycles. The van der Waals surface area contributed by atoms with Crippen molar-refractivity contribution in [3.05, 3.63) is 35.4 Å². The third-order valence-corrected chi connectivity index (χ3v) is 4.31. The van der Waals surface area contributed by atoms with E-state index in [1.165, 1.54) is 0 Å². The molecule has 2 N–H and O–H groups in total. The number of alkyl halides is 3. The van der Waals surface area contributed by atoms with Crippen LogP contribution in [0.5, 0.6) is 0 Å². The summed E-state index contributed by atoms with van der Waals surface area (Å²) in [6.45, 7) is 3.46. The summed E-state index contributed by atoms with van der Waals surface area (Å²) in [4.78, 5) is 12.9. The Balaban J connectivity index is 2.02. The maximum atomic E-state index is 12.6. The number of carbonyl (C=O) groups is 1. The number of hydrogen-bond acceptors (Lipinski definition) is 2. The van der Waals surface area contributed by atoms with E-state index in [1.54, 1.807) is 12.1 Å². The zero-order valence-electron chi connectivity index (χ0n) is 12.9. The molecule has 0 bridgehead atoms. The van der Waals surface area contributed by atoms with Gasteiger partial charge in [0, 0.05) is 25.2 Å². The van der Waals surface area contributed by atoms with E-state index >= 15 is 0 Å². The van der Waals surface area contributed by atoms with Crippen LogP contribution < -0.4 is 5.32 Å². The third-order valence-electron chi connectivity index (χ3n) is 4.31. The SMILES string of the molecule is CCC(c1ccc(C(F)(F)F)cc1)N1CCC(NC(=O)O)CC1. The van der Waals surface area contributed by atoms with Gasteiger partial charge in [0.1, 0.15) is 0 Å². The molecule has 0 aliphatic carbocycles. The zero-order chi connectivity index (χ0) is 17.0. The van der Waals surface area contributed by atoms with Crippen LogP contribution in [0.2, 0.25) is 0 Å². The summed E-state index contributed by atoms with van der Waals surface area (Å²) in [6, 6.07) is 5.34. The predicted octanol–water partition coefficient (Wildman–Crippen LogP) is 3.89. The number of likely N-dealkylation sites (tertiary alicyclic amines) is 1. The molecule has 1 saturated heterocycles. The maximum absolute atomic E-state index is 12.6. The molecule has 0 spiro atoms. The van der Waals surface area contributed by atoms with Gasteiger partial charge in [-0.2, -0.15) is 13.2 Å². The minimum absolute atomic E-state index is 0.0474. The van der Waals surface area contributed by atoms with Crippen molar-refractivity contribution in [2.45, 2.75) is 44.4 Å². The molecule has 1 amide bonds. The van der Waals surface area contributed by atoms with Crippen molar-refractivity contribution in [1.82, 2.24) is 10.2 Å². The molecular formula is C16H21F3N2O2. The van der Waals surface area contributed by atoms with Crippen LogP contribution in [0, 0.1) is 0 Å². The number of nitrogens with zero attached hydrogens (tertiary/aromatic N) is 1. The van der Waals surface area contributed by atoms with Crippen LogP contribution in [0.25, 0.3) is 0 Å². The second-order valence-corrected chi connectivity index (χ2v) is 5.80. The van der Waals surface area contributed by atoms with Crippen LogP contribution in [0.4, 0.5) is 18.0 Å². The minimum Gasteiger partial charge on any atom is -0.465 e. The highest BCUT2D eigenvalue weighted by molar-refractivity contribution is 5.64. The van der Waals surface area contributed by atoms with Crippen LogP contribution in [0.3, 0.4) is 0 Å². The van der Waals surface area contributed by atoms with E-state index in [9.17, 15) is 18.0 Å². The molecule has 1 fully saturated rings. The molecule has 0 saturated carbocycles. The van der Waals surface area contributed by atoms with Gasteiger partial charge < -0.3 is 10.4 Å². The highest BCUT2D eigenvalue weighted by Gasteiger charge is 2.31. The second kappa shape index (κ2) is 7.21. The largest absolute Gasteiger partial charge is 0.465 e. The molecule has 1 aromatic rings. The van der Waals surface area contributed by atoms with Crippen LogP contribution in [0.1, 0.15) is 43.4 Å². The molecular weight excluding hydrogens is 309 g/mol. The highest BCUT2D eigenvalue weighted by Crippen LogP contribution is 2.32. The molecule has 1 aliphatic rings. The van der Waals surface area contributed by atoms with Gasteiger partial charge in [-0.1, -0.05) is 19.1 Å². The van der Waals surface area contributed by atoms with Gasteiger partial charge in [-0.3, -0.25) is 4.90 Å². The lowest BCUT2D eigenvalue weighted by Gasteiger charge is -2.37. The first-order chi connectivity index (χ1) is 10.8. The van der Waals surface area contributed by atoms with Crippen LogP contribution in [-0.4, -0.2) is 35.2 Å². The summed E-state index contributed by atoms with van der Waals surface area (Å²) in [5.41, 5.74) is 0.227. The van der Waals surface area contributed by atoms with E-state index in [2.05, 4.69) is 10.2 Å². The average Bonchev–Trinajstić information content (AvgIpc) is 2.49. The standard InChI is InChI=1S/C16H21F3N2O2/c1-2-14(11-3-5-12(6-4-11)16(17,18)19)21-9-7-13(8-10-21)20-15(22)23/h3-6,13-14,20H,2,7-10H2,1H3,(H,22,23). The van der Waals surface area contributed by atoms with Gasteiger partial charge in [-0.05, 0) is 37.0 Å². The fourth-order valence-electron chi connectivity index (χ4n) is 3.13. The summed E-state index contributed by atoms with van der Waals surface area (Å²) in [7, 11) is 0. The first-order valence-electron chi connectivity index (χ1n) is 7.72. The Morgan fingerprint density at radius 3 is 2.30 bits per heavy atom. The lowest BCUT2D eigenvalue weighted by Crippen LogP contribution is -2.45. The molecule has 23 heavy (non-hydrogen) atoms. The molecule has 128 valence electrons. The van der Waals surface area contributed by atoms with E-state index in [1.807, 2.05) is 6.92 Å². The smallest absolute Gasteiger partial charge is 0.416 e. The second-order valence-electron chi connectivity index (χ2n) is 5.80. The molecule has 1 atom stereocenters. The topological polar surface area (TPSA) is 52.6 Å². The number of hydrogen-bond donors (Lipinski definition) is 2. The molecule has 1 aromatic carbocycles. The van der Waals surface area contributed by atoms with Gasteiger partial charge in [0.2, 0.25) is 0 Å². The van der Waals surface area contributed by atoms with E-state index in [0.29, 0.717) is 12.8 Å². The van der Waals surface area contributed by atoms with Crippen LogP contribution in [-0.2, 0) is 6.18 Å². The van der Waals surface area contributed by atoms with Gasteiger partial charge in [0.15, 0.2) is 0 Å². The number of rotatable bonds is 4. The minimum atomic E-state index is -4.32. The van der Waals surface area contributed by atoms with Crippen molar-refractivity contribution in [1.29, 1.82) is 0 Å². The number of benzene rings is 1. The lowest BCUT2D eigenvalue weighted by molar-refractivity contribution is -0.137. The van der Waals surface area contributed by atoms with Gasteiger partial charge in [-0.15, -0.1) is 0 Å². The van der Waals surface area contributed by atoms with Crippen molar-refractivity contribution >= 4 is 6.09 Å². The van der Waals surface area contributed by atoms with Crippen molar-refractivity contribution < 1.29 is 23.1 Å². The molecule has 4 nitrogen and oxygen atoms in total. The van der Waals surface area contributed by atoms with E-state index in [0.717, 1.165) is 37.2 Å². The predicted molar refractivity (Wildman–Crippen MR) is 80.2 cm³/mol. The van der Waals surface area contributed by atoms with E-state index in [4.69, 9.17) is 5.11 Å². The number of piperidine rings is 1. The van der Waals surface area contributed by atoms with Gasteiger partial charge in [0.05, 0.1) is 5.56 Å². The Morgan fingerprint density at radius 2 is 1.87 bits per heavy atom. The van der Waals surface area contributed by atoms with E-state index < -0.39 is 17.8 Å². The summed E-state index contributed by atoms with van der Waals surface area (Å²) < 4.78 is 37.9. The first kappa shape index (κ1) is 17.6. The summed E-state index contributed by atoms with van der Waals surface area (Å²) >= 11 is 0. The van der Waals surface area contributed by atoms with Gasteiger partial charge in [-0.25, -0.2) is 4.79 Å². The van der Waals surface area contributed by atoms with Crippen molar-refractivity contribution in [3.8, 4) is 0 Å². The fourth-order valence-corrected chi connectivity index (χ4v) is 3.13. The molecule has 2 rings (SSSR count). The highest BCUT2D eigenvalue weighted by atomic mass is 19.4. The molecule has 1 heterocycles. The quantitative estimate of drug-likeness (QED) is 0.881.